The first-order valence-corrected chi connectivity index (χ1v) is 12.1. The third kappa shape index (κ3) is 5.18. The minimum absolute atomic E-state index is 0.0194. The molecule has 3 N–H and O–H groups in total. The van der Waals surface area contributed by atoms with Gasteiger partial charge in [0.2, 0.25) is 0 Å². The molecule has 3 aromatic rings. The zero-order valence-corrected chi connectivity index (χ0v) is 20.4. The maximum atomic E-state index is 11.3. The highest BCUT2D eigenvalue weighted by Gasteiger charge is 2.40. The molecule has 0 aromatic carbocycles. The van der Waals surface area contributed by atoms with E-state index < -0.39 is 11.6 Å². The van der Waals surface area contributed by atoms with Crippen LogP contribution in [-0.4, -0.2) is 31.1 Å². The van der Waals surface area contributed by atoms with Crippen molar-refractivity contribution in [1.82, 2.24) is 15.0 Å². The number of aliphatic hydroxyl groups is 1. The van der Waals surface area contributed by atoms with E-state index in [-0.39, 0.29) is 11.8 Å². The van der Waals surface area contributed by atoms with Gasteiger partial charge in [-0.25, -0.2) is 15.0 Å². The number of anilines is 2. The molecule has 9 heteroatoms. The number of carbonyl (C=O) groups is 1. The van der Waals surface area contributed by atoms with E-state index in [4.69, 9.17) is 16.6 Å². The van der Waals surface area contributed by atoms with Gasteiger partial charge < -0.3 is 15.5 Å². The molecule has 1 fully saturated rings. The van der Waals surface area contributed by atoms with Crippen LogP contribution in [0.5, 0.6) is 0 Å². The first kappa shape index (κ1) is 23.6. The number of aryl methyl sites for hydroxylation is 2. The van der Waals surface area contributed by atoms with E-state index in [2.05, 4.69) is 15.3 Å². The monoisotopic (exact) mass is 486 g/mol. The molecule has 0 bridgehead atoms. The van der Waals surface area contributed by atoms with Gasteiger partial charge in [-0.1, -0.05) is 11.6 Å². The summed E-state index contributed by atoms with van der Waals surface area (Å²) in [6.07, 6.45) is 5.86. The predicted octanol–water partition coefficient (Wildman–Crippen LogP) is 5.71. The molecule has 3 aromatic heterocycles. The van der Waals surface area contributed by atoms with E-state index in [1.165, 1.54) is 11.3 Å². The fourth-order valence-electron chi connectivity index (χ4n) is 4.30. The lowest BCUT2D eigenvalue weighted by Gasteiger charge is -2.35. The molecule has 174 valence electrons. The SMILES string of the molecule is Cc1cc(Nc2cc(C)c(Cl)cn2)nc(-c2cnc(C(C)(O)[C@H]3CC[C@H](C(=O)O)CC3)s2)c1. The molecule has 7 nitrogen and oxygen atoms in total. The Balaban J connectivity index is 1.54. The Hall–Kier alpha value is -2.55. The van der Waals surface area contributed by atoms with Crippen LogP contribution in [-0.2, 0) is 10.4 Å². The summed E-state index contributed by atoms with van der Waals surface area (Å²) in [4.78, 5) is 25.7. The molecule has 4 rings (SSSR count). The molecular formula is C24H27ClN4O3S. The van der Waals surface area contributed by atoms with E-state index in [0.29, 0.717) is 47.3 Å². The van der Waals surface area contributed by atoms with Gasteiger partial charge in [-0.2, -0.15) is 0 Å². The van der Waals surface area contributed by atoms with Gasteiger partial charge in [0.05, 0.1) is 21.5 Å². The first-order valence-electron chi connectivity index (χ1n) is 10.9. The maximum Gasteiger partial charge on any atom is 0.306 e. The average Bonchev–Trinajstić information content (AvgIpc) is 3.27. The van der Waals surface area contributed by atoms with Crippen molar-refractivity contribution in [3.05, 3.63) is 51.7 Å². The van der Waals surface area contributed by atoms with E-state index in [1.807, 2.05) is 32.0 Å². The van der Waals surface area contributed by atoms with Gasteiger partial charge in [0.15, 0.2) is 0 Å². The molecule has 1 aliphatic rings. The van der Waals surface area contributed by atoms with Crippen LogP contribution in [0.15, 0.2) is 30.6 Å². The Bertz CT molecular complexity index is 1170. The topological polar surface area (TPSA) is 108 Å². The summed E-state index contributed by atoms with van der Waals surface area (Å²) in [5.41, 5.74) is 1.61. The second-order valence-electron chi connectivity index (χ2n) is 8.92. The minimum Gasteiger partial charge on any atom is -0.481 e. The van der Waals surface area contributed by atoms with Crippen LogP contribution >= 0.6 is 22.9 Å². The molecule has 33 heavy (non-hydrogen) atoms. The number of halogens is 1. The van der Waals surface area contributed by atoms with Gasteiger partial charge >= 0.3 is 5.97 Å². The second kappa shape index (κ2) is 9.37. The molecule has 1 saturated carbocycles. The average molecular weight is 487 g/mol. The van der Waals surface area contributed by atoms with Crippen molar-refractivity contribution >= 4 is 40.5 Å². The van der Waals surface area contributed by atoms with Crippen LogP contribution in [0.3, 0.4) is 0 Å². The van der Waals surface area contributed by atoms with Gasteiger partial charge in [0.25, 0.3) is 0 Å². The number of hydrogen-bond acceptors (Lipinski definition) is 7. The van der Waals surface area contributed by atoms with Gasteiger partial charge in [0, 0.05) is 12.4 Å². The molecule has 0 radical (unpaired) electrons. The quantitative estimate of drug-likeness (QED) is 0.409. The van der Waals surface area contributed by atoms with Crippen molar-refractivity contribution < 1.29 is 15.0 Å². The van der Waals surface area contributed by atoms with E-state index in [1.54, 1.807) is 19.3 Å². The second-order valence-corrected chi connectivity index (χ2v) is 10.4. The number of carboxylic acid groups (broad SMARTS) is 1. The number of carboxylic acids is 1. The van der Waals surface area contributed by atoms with Crippen LogP contribution < -0.4 is 5.32 Å². The highest BCUT2D eigenvalue weighted by molar-refractivity contribution is 7.15. The standard InChI is InChI=1S/C24H27ClN4O3S/c1-13-8-18(28-21(9-13)29-20-10-14(2)17(25)11-26-20)19-12-27-23(33-19)24(3,32)16-6-4-15(5-7-16)22(30)31/h8-12,15-16,32H,4-7H2,1-3H3,(H,30,31)(H,26,28,29)/t15-,16-,24?. The van der Waals surface area contributed by atoms with Crippen molar-refractivity contribution in [1.29, 1.82) is 0 Å². The Labute approximate surface area is 201 Å². The number of rotatable bonds is 6. The van der Waals surface area contributed by atoms with Gasteiger partial charge in [0.1, 0.15) is 22.2 Å². The smallest absolute Gasteiger partial charge is 0.306 e. The predicted molar refractivity (Wildman–Crippen MR) is 130 cm³/mol. The zero-order valence-electron chi connectivity index (χ0n) is 18.8. The third-order valence-electron chi connectivity index (χ3n) is 6.34. The molecule has 0 saturated heterocycles. The third-order valence-corrected chi connectivity index (χ3v) is 7.98. The van der Waals surface area contributed by atoms with E-state index in [0.717, 1.165) is 21.7 Å². The molecule has 0 spiro atoms. The lowest BCUT2D eigenvalue weighted by atomic mass is 9.74. The molecule has 1 unspecified atom stereocenters. The summed E-state index contributed by atoms with van der Waals surface area (Å²) in [7, 11) is 0. The van der Waals surface area contributed by atoms with Crippen LogP contribution in [0.25, 0.3) is 10.6 Å². The number of nitrogens with one attached hydrogen (secondary N) is 1. The summed E-state index contributed by atoms with van der Waals surface area (Å²) < 4.78 is 0. The fourth-order valence-corrected chi connectivity index (χ4v) is 5.40. The van der Waals surface area contributed by atoms with E-state index >= 15 is 0 Å². The summed E-state index contributed by atoms with van der Waals surface area (Å²) >= 11 is 7.49. The van der Waals surface area contributed by atoms with Crippen molar-refractivity contribution in [2.75, 3.05) is 5.32 Å². The Morgan fingerprint density at radius 1 is 1.12 bits per heavy atom. The lowest BCUT2D eigenvalue weighted by Crippen LogP contribution is -2.35. The lowest BCUT2D eigenvalue weighted by molar-refractivity contribution is -0.144. The Kier molecular flexibility index (Phi) is 6.70. The van der Waals surface area contributed by atoms with Crippen molar-refractivity contribution in [3.63, 3.8) is 0 Å². The van der Waals surface area contributed by atoms with Crippen LogP contribution in [0.1, 0.15) is 48.7 Å². The van der Waals surface area contributed by atoms with Crippen molar-refractivity contribution in [2.24, 2.45) is 11.8 Å². The Morgan fingerprint density at radius 3 is 2.52 bits per heavy atom. The highest BCUT2D eigenvalue weighted by atomic mass is 35.5. The first-order chi connectivity index (χ1) is 15.6. The number of hydrogen-bond donors (Lipinski definition) is 3. The minimum atomic E-state index is -1.11. The molecular weight excluding hydrogens is 460 g/mol. The number of thiazole rings is 1. The summed E-state index contributed by atoms with van der Waals surface area (Å²) in [5.74, 6) is 0.238. The maximum absolute atomic E-state index is 11.3. The summed E-state index contributed by atoms with van der Waals surface area (Å²) in [5, 5.41) is 25.0. The van der Waals surface area contributed by atoms with Gasteiger partial charge in [-0.3, -0.25) is 4.79 Å². The zero-order chi connectivity index (χ0) is 23.8. The normalized spacial score (nSPS) is 20.3. The molecule has 0 amide bonds. The molecule has 1 atom stereocenters. The van der Waals surface area contributed by atoms with Crippen molar-refractivity contribution in [3.8, 4) is 10.6 Å². The fraction of sp³-hybridized carbons (Fsp3) is 0.417. The molecule has 3 heterocycles. The number of pyridine rings is 2. The highest BCUT2D eigenvalue weighted by Crippen LogP contribution is 2.43. The van der Waals surface area contributed by atoms with Gasteiger partial charge in [-0.05, 0) is 81.7 Å². The number of aliphatic carboxylic acids is 1. The number of nitrogens with zero attached hydrogens (tertiary/aromatic N) is 3. The Morgan fingerprint density at radius 2 is 1.85 bits per heavy atom. The van der Waals surface area contributed by atoms with Crippen molar-refractivity contribution in [2.45, 2.75) is 52.1 Å². The van der Waals surface area contributed by atoms with Gasteiger partial charge in [-0.15, -0.1) is 11.3 Å². The largest absolute Gasteiger partial charge is 0.481 e. The summed E-state index contributed by atoms with van der Waals surface area (Å²) in [6.45, 7) is 5.70. The van der Waals surface area contributed by atoms with Crippen LogP contribution in [0, 0.1) is 25.7 Å². The molecule has 0 aliphatic heterocycles. The molecule has 1 aliphatic carbocycles. The number of aromatic nitrogens is 3. The van der Waals surface area contributed by atoms with Crippen LogP contribution in [0.2, 0.25) is 5.02 Å². The summed E-state index contributed by atoms with van der Waals surface area (Å²) in [6, 6.07) is 5.79. The van der Waals surface area contributed by atoms with E-state index in [9.17, 15) is 15.0 Å². The van der Waals surface area contributed by atoms with Crippen LogP contribution in [0.4, 0.5) is 11.6 Å².